The monoisotopic (exact) mass is 286 g/mol. The summed E-state index contributed by atoms with van der Waals surface area (Å²) >= 11 is -0.901. The molecule has 1 N–H and O–H groups in total. The third kappa shape index (κ3) is 3.60. The summed E-state index contributed by atoms with van der Waals surface area (Å²) in [5.74, 6) is 0.363. The summed E-state index contributed by atoms with van der Waals surface area (Å²) in [5, 5.41) is 9.11. The predicted octanol–water partition coefficient (Wildman–Crippen LogP) is 3.08. The number of hydrogen-bond donors (Lipinski definition) is 1. The Labute approximate surface area is 87.7 Å². The van der Waals surface area contributed by atoms with Crippen LogP contribution in [0.5, 0.6) is 5.75 Å². The number of benzene rings is 1. The van der Waals surface area contributed by atoms with Gasteiger partial charge in [0.2, 0.25) is 0 Å². The van der Waals surface area contributed by atoms with Crippen LogP contribution in [-0.2, 0) is 6.42 Å². The summed E-state index contributed by atoms with van der Waals surface area (Å²) in [7, 11) is 0. The van der Waals surface area contributed by atoms with Crippen molar-refractivity contribution < 1.29 is 5.11 Å². The van der Waals surface area contributed by atoms with E-state index in [0.29, 0.717) is 5.75 Å². The van der Waals surface area contributed by atoms with E-state index in [1.165, 1.54) is 12.0 Å². The number of hydrogen-bond acceptors (Lipinski definition) is 1. The third-order valence-corrected chi connectivity index (χ3v) is 7.90. The first-order chi connectivity index (χ1) is 6.09. The summed E-state index contributed by atoms with van der Waals surface area (Å²) in [6.45, 7) is 2.34. The van der Waals surface area contributed by atoms with Gasteiger partial charge in [-0.25, -0.2) is 0 Å². The Kier molecular flexibility index (Phi) is 4.12. The third-order valence-electron chi connectivity index (χ3n) is 2.35. The molecule has 0 amide bonds. The molecule has 0 fully saturated rings. The molecule has 2 heteroatoms. The second-order valence-electron chi connectivity index (χ2n) is 3.68. The van der Waals surface area contributed by atoms with Crippen LogP contribution in [-0.4, -0.2) is 25.3 Å². The van der Waals surface area contributed by atoms with Crippen LogP contribution in [0.3, 0.4) is 0 Å². The normalized spacial score (nSPS) is 13.2. The van der Waals surface area contributed by atoms with Crippen LogP contribution in [0.15, 0.2) is 24.3 Å². The molecule has 0 aliphatic heterocycles. The molecule has 0 saturated carbocycles. The number of aromatic hydroxyl groups is 1. The van der Waals surface area contributed by atoms with Gasteiger partial charge in [0.25, 0.3) is 0 Å². The van der Waals surface area contributed by atoms with Gasteiger partial charge in [-0.05, 0) is 0 Å². The molecular weight excluding hydrogens is 270 g/mol. The average Bonchev–Trinajstić information content (AvgIpc) is 2.08. The van der Waals surface area contributed by atoms with Crippen molar-refractivity contribution in [3.05, 3.63) is 29.8 Å². The van der Waals surface area contributed by atoms with E-state index >= 15 is 0 Å². The van der Waals surface area contributed by atoms with Gasteiger partial charge in [-0.2, -0.15) is 0 Å². The average molecular weight is 287 g/mol. The van der Waals surface area contributed by atoms with Gasteiger partial charge in [0.1, 0.15) is 0 Å². The molecule has 72 valence electrons. The molecule has 1 aromatic carbocycles. The fraction of sp³-hybridized carbons (Fsp3) is 0.455. The van der Waals surface area contributed by atoms with Crippen LogP contribution < -0.4 is 0 Å². The Morgan fingerprint density at radius 1 is 1.23 bits per heavy atom. The standard InChI is InChI=1S/C9H11O.2CH3.Sb/c1-2-3-8-4-6-9(10)7-5-8;;;/h2,4-7,10H,3H2,1H3;2*1H3;. The quantitative estimate of drug-likeness (QED) is 0.847. The second kappa shape index (κ2) is 4.90. The summed E-state index contributed by atoms with van der Waals surface area (Å²) < 4.78 is 0.882. The minimum atomic E-state index is -0.901. The topological polar surface area (TPSA) is 20.2 Å². The first kappa shape index (κ1) is 10.9. The van der Waals surface area contributed by atoms with Crippen LogP contribution in [0.1, 0.15) is 12.5 Å². The SMILES string of the molecule is C[CH](Cc1ccc(O)cc1)[Sb]([CH3])[CH3]. The number of phenolic OH excluding ortho intramolecular Hbond substituents is 1. The van der Waals surface area contributed by atoms with Gasteiger partial charge in [-0.3, -0.25) is 0 Å². The van der Waals surface area contributed by atoms with Crippen molar-refractivity contribution in [2.75, 3.05) is 0 Å². The number of phenols is 1. The zero-order valence-corrected chi connectivity index (χ0v) is 11.0. The predicted molar refractivity (Wildman–Crippen MR) is 58.7 cm³/mol. The van der Waals surface area contributed by atoms with Gasteiger partial charge in [0, 0.05) is 0 Å². The molecule has 0 radical (unpaired) electrons. The zero-order chi connectivity index (χ0) is 9.84. The first-order valence-electron chi connectivity index (χ1n) is 4.54. The van der Waals surface area contributed by atoms with E-state index in [0.717, 1.165) is 3.86 Å². The van der Waals surface area contributed by atoms with E-state index in [2.05, 4.69) is 16.7 Å². The number of rotatable bonds is 3. The van der Waals surface area contributed by atoms with E-state index in [1.807, 2.05) is 12.1 Å². The van der Waals surface area contributed by atoms with Gasteiger partial charge in [0.15, 0.2) is 0 Å². The molecular formula is C11H17OSb. The van der Waals surface area contributed by atoms with Crippen LogP contribution >= 0.6 is 0 Å². The van der Waals surface area contributed by atoms with Crippen molar-refractivity contribution in [2.24, 2.45) is 0 Å². The molecule has 13 heavy (non-hydrogen) atoms. The molecule has 0 aromatic heterocycles. The van der Waals surface area contributed by atoms with Gasteiger partial charge < -0.3 is 0 Å². The molecule has 0 bridgehead atoms. The summed E-state index contributed by atoms with van der Waals surface area (Å²) in [6, 6.07) is 7.59. The summed E-state index contributed by atoms with van der Waals surface area (Å²) in [5.41, 5.74) is 1.35. The molecule has 0 aliphatic carbocycles. The molecule has 1 unspecified atom stereocenters. The van der Waals surface area contributed by atoms with Crippen molar-refractivity contribution in [1.29, 1.82) is 0 Å². The Bertz CT molecular complexity index is 253. The molecule has 1 aromatic rings. The fourth-order valence-corrected chi connectivity index (χ4v) is 2.80. The zero-order valence-electron chi connectivity index (χ0n) is 8.49. The molecule has 0 aliphatic rings. The molecule has 1 rings (SSSR count). The van der Waals surface area contributed by atoms with Gasteiger partial charge in [-0.1, -0.05) is 0 Å². The maximum absolute atomic E-state index is 9.11. The van der Waals surface area contributed by atoms with E-state index in [-0.39, 0.29) is 0 Å². The minimum absolute atomic E-state index is 0.363. The Morgan fingerprint density at radius 2 is 1.77 bits per heavy atom. The van der Waals surface area contributed by atoms with E-state index in [9.17, 15) is 0 Å². The Balaban J connectivity index is 2.59. The van der Waals surface area contributed by atoms with Crippen LogP contribution in [0, 0.1) is 0 Å². The molecule has 1 atom stereocenters. The molecule has 0 spiro atoms. The molecule has 1 nitrogen and oxygen atoms in total. The van der Waals surface area contributed by atoms with Crippen molar-refractivity contribution in [1.82, 2.24) is 0 Å². The van der Waals surface area contributed by atoms with E-state index in [1.54, 1.807) is 12.1 Å². The van der Waals surface area contributed by atoms with Crippen molar-refractivity contribution in [3.8, 4) is 5.75 Å². The van der Waals surface area contributed by atoms with Crippen LogP contribution in [0.25, 0.3) is 0 Å². The summed E-state index contributed by atoms with van der Waals surface area (Å²) in [6.07, 6.45) is 1.18. The molecule has 0 heterocycles. The Morgan fingerprint density at radius 3 is 2.23 bits per heavy atom. The molecule has 0 saturated heterocycles. The van der Waals surface area contributed by atoms with Crippen molar-refractivity contribution in [3.63, 3.8) is 0 Å². The first-order valence-corrected chi connectivity index (χ1v) is 11.1. The van der Waals surface area contributed by atoms with Gasteiger partial charge in [0.05, 0.1) is 0 Å². The van der Waals surface area contributed by atoms with Gasteiger partial charge in [-0.15, -0.1) is 0 Å². The van der Waals surface area contributed by atoms with E-state index in [4.69, 9.17) is 5.11 Å². The fourth-order valence-electron chi connectivity index (χ4n) is 1.16. The van der Waals surface area contributed by atoms with Gasteiger partial charge >= 0.3 is 87.8 Å². The van der Waals surface area contributed by atoms with Crippen LogP contribution in [0.4, 0.5) is 0 Å². The second-order valence-corrected chi connectivity index (χ2v) is 11.7. The van der Waals surface area contributed by atoms with Crippen molar-refractivity contribution >= 4 is 20.2 Å². The maximum atomic E-state index is 9.11. The summed E-state index contributed by atoms with van der Waals surface area (Å²) in [4.78, 5) is 4.85. The van der Waals surface area contributed by atoms with Crippen molar-refractivity contribution in [2.45, 2.75) is 26.9 Å². The van der Waals surface area contributed by atoms with E-state index < -0.39 is 20.2 Å². The Hall–Kier alpha value is -0.162. The van der Waals surface area contributed by atoms with Crippen LogP contribution in [0.2, 0.25) is 13.6 Å².